The second-order valence-corrected chi connectivity index (χ2v) is 1.43. The van der Waals surface area contributed by atoms with E-state index >= 15 is 0 Å². The van der Waals surface area contributed by atoms with Crippen molar-refractivity contribution in [2.45, 2.75) is 0 Å². The molecule has 0 aromatic heterocycles. The fraction of sp³-hybridized carbons (Fsp3) is 0. The van der Waals surface area contributed by atoms with Gasteiger partial charge in [-0.25, -0.2) is 4.39 Å². The summed E-state index contributed by atoms with van der Waals surface area (Å²) < 4.78 is 12.0. The van der Waals surface area contributed by atoms with Gasteiger partial charge in [0.25, 0.3) is 0 Å². The molecular weight excluding hydrogens is 139 g/mol. The first-order valence-corrected chi connectivity index (χ1v) is 2.22. The van der Waals surface area contributed by atoms with Crippen molar-refractivity contribution in [3.63, 3.8) is 0 Å². The van der Waals surface area contributed by atoms with E-state index in [4.69, 9.17) is 0 Å². The maximum Gasteiger partial charge on any atom is 0.214 e. The molecule has 0 aliphatic heterocycles. The lowest BCUT2D eigenvalue weighted by Gasteiger charge is -1.84. The van der Waals surface area contributed by atoms with E-state index in [1.807, 2.05) is 0 Å². The van der Waals surface area contributed by atoms with Crippen LogP contribution in [-0.2, 0) is 5.11 Å². The van der Waals surface area contributed by atoms with Gasteiger partial charge < -0.3 is 0 Å². The maximum absolute atomic E-state index is 12.0. The molecule has 49 valence electrons. The van der Waals surface area contributed by atoms with Gasteiger partial charge in [0.15, 0.2) is 5.82 Å². The summed E-state index contributed by atoms with van der Waals surface area (Å²) in [5, 5.41) is 10.2. The largest absolute Gasteiger partial charge is 0.287 e. The fourth-order valence-corrected chi connectivity index (χ4v) is 0.445. The molecule has 0 bridgehead atoms. The molecule has 1 aromatic carbocycles. The standard InChI is InChI=1S/C6H4FO.H2S/c7-5-3-1-2-4-6(5)8;/h1-4H;1H2. The Kier molecular flexibility index (Phi) is 3.09. The van der Waals surface area contributed by atoms with Crippen molar-refractivity contribution in [2.75, 3.05) is 0 Å². The van der Waals surface area contributed by atoms with Gasteiger partial charge in [0.05, 0.1) is 0 Å². The molecule has 0 saturated heterocycles. The van der Waals surface area contributed by atoms with Gasteiger partial charge >= 0.3 is 0 Å². The van der Waals surface area contributed by atoms with E-state index in [1.54, 1.807) is 0 Å². The summed E-state index contributed by atoms with van der Waals surface area (Å²) in [7, 11) is 0. The van der Waals surface area contributed by atoms with Crippen LogP contribution in [0.5, 0.6) is 5.75 Å². The van der Waals surface area contributed by atoms with Crippen molar-refractivity contribution >= 4 is 13.5 Å². The van der Waals surface area contributed by atoms with E-state index in [0.717, 1.165) is 6.07 Å². The summed E-state index contributed by atoms with van der Waals surface area (Å²) >= 11 is 0. The highest BCUT2D eigenvalue weighted by atomic mass is 32.1. The molecule has 0 atom stereocenters. The van der Waals surface area contributed by atoms with Crippen LogP contribution in [0.15, 0.2) is 24.3 Å². The zero-order valence-electron chi connectivity index (χ0n) is 4.60. The highest BCUT2D eigenvalue weighted by Crippen LogP contribution is 2.12. The van der Waals surface area contributed by atoms with Crippen LogP contribution in [-0.4, -0.2) is 0 Å². The Balaban J connectivity index is 0.000000640. The first kappa shape index (κ1) is 8.30. The van der Waals surface area contributed by atoms with Crippen molar-refractivity contribution < 1.29 is 9.50 Å². The molecule has 0 unspecified atom stereocenters. The summed E-state index contributed by atoms with van der Waals surface area (Å²) in [5.74, 6) is -1.24. The first-order valence-electron chi connectivity index (χ1n) is 2.22. The Bertz CT molecular complexity index is 169. The van der Waals surface area contributed by atoms with Gasteiger partial charge in [-0.05, 0) is 12.1 Å². The second-order valence-electron chi connectivity index (χ2n) is 1.43. The lowest BCUT2D eigenvalue weighted by molar-refractivity contribution is 0.330. The number of rotatable bonds is 0. The van der Waals surface area contributed by atoms with Gasteiger partial charge in [-0.1, -0.05) is 12.1 Å². The monoisotopic (exact) mass is 145 g/mol. The van der Waals surface area contributed by atoms with Crippen LogP contribution in [0.3, 0.4) is 0 Å². The number of para-hydroxylation sites is 1. The minimum atomic E-state index is -0.687. The van der Waals surface area contributed by atoms with Crippen LogP contribution in [0.25, 0.3) is 0 Å². The number of halogens is 1. The van der Waals surface area contributed by atoms with Crippen LogP contribution < -0.4 is 0 Å². The molecule has 0 saturated carbocycles. The predicted octanol–water partition coefficient (Wildman–Crippen LogP) is 2.08. The molecule has 1 nitrogen and oxygen atoms in total. The zero-order valence-corrected chi connectivity index (χ0v) is 5.60. The van der Waals surface area contributed by atoms with Gasteiger partial charge in [0.1, 0.15) is 0 Å². The molecule has 0 fully saturated rings. The van der Waals surface area contributed by atoms with Gasteiger partial charge in [-0.15, -0.1) is 0 Å². The quantitative estimate of drug-likeness (QED) is 0.532. The van der Waals surface area contributed by atoms with Crippen molar-refractivity contribution in [3.8, 4) is 5.75 Å². The second kappa shape index (κ2) is 3.35. The molecule has 0 N–H and O–H groups in total. The van der Waals surface area contributed by atoms with Crippen LogP contribution in [0.2, 0.25) is 0 Å². The van der Waals surface area contributed by atoms with E-state index in [9.17, 15) is 9.50 Å². The molecule has 9 heavy (non-hydrogen) atoms. The van der Waals surface area contributed by atoms with Crippen molar-refractivity contribution in [3.05, 3.63) is 30.1 Å². The van der Waals surface area contributed by atoms with Gasteiger partial charge in [-0.3, -0.25) is 5.11 Å². The minimum Gasteiger partial charge on any atom is -0.287 e. The molecule has 0 spiro atoms. The Hall–Kier alpha value is -0.700. The SMILES string of the molecule is S.[O]c1ccccc1F. The van der Waals surface area contributed by atoms with E-state index in [2.05, 4.69) is 0 Å². The minimum absolute atomic E-state index is 0. The maximum atomic E-state index is 12.0. The van der Waals surface area contributed by atoms with Crippen LogP contribution in [0, 0.1) is 5.82 Å². The van der Waals surface area contributed by atoms with Gasteiger partial charge in [0, 0.05) is 0 Å². The molecule has 1 aromatic rings. The highest BCUT2D eigenvalue weighted by molar-refractivity contribution is 7.59. The molecule has 0 aliphatic carbocycles. The lowest BCUT2D eigenvalue weighted by atomic mass is 10.3. The summed E-state index contributed by atoms with van der Waals surface area (Å²) in [4.78, 5) is 0. The Morgan fingerprint density at radius 1 is 1.22 bits per heavy atom. The van der Waals surface area contributed by atoms with Crippen molar-refractivity contribution in [2.24, 2.45) is 0 Å². The molecular formula is C6H6FOS. The summed E-state index contributed by atoms with van der Waals surface area (Å²) in [5.41, 5.74) is 0. The lowest BCUT2D eigenvalue weighted by Crippen LogP contribution is -1.68. The molecule has 1 radical (unpaired) electrons. The normalized spacial score (nSPS) is 8.11. The Labute approximate surface area is 59.6 Å². The van der Waals surface area contributed by atoms with Crippen molar-refractivity contribution in [1.29, 1.82) is 0 Å². The van der Waals surface area contributed by atoms with Crippen LogP contribution in [0.1, 0.15) is 0 Å². The summed E-state index contributed by atoms with van der Waals surface area (Å²) in [6, 6.07) is 5.32. The molecule has 0 aliphatic rings. The zero-order chi connectivity index (χ0) is 5.98. The van der Waals surface area contributed by atoms with Crippen LogP contribution in [0.4, 0.5) is 4.39 Å². The third-order valence-electron chi connectivity index (χ3n) is 0.837. The number of benzene rings is 1. The van der Waals surface area contributed by atoms with E-state index in [0.29, 0.717) is 0 Å². The third kappa shape index (κ3) is 1.93. The number of hydrogen-bond donors (Lipinski definition) is 0. The topological polar surface area (TPSA) is 19.9 Å². The van der Waals surface area contributed by atoms with Crippen molar-refractivity contribution in [1.82, 2.24) is 0 Å². The van der Waals surface area contributed by atoms with Gasteiger partial charge in [-0.2, -0.15) is 13.5 Å². The molecule has 0 heterocycles. The molecule has 0 amide bonds. The molecule has 1 rings (SSSR count). The van der Waals surface area contributed by atoms with E-state index < -0.39 is 11.6 Å². The summed E-state index contributed by atoms with van der Waals surface area (Å²) in [6.45, 7) is 0. The smallest absolute Gasteiger partial charge is 0.214 e. The Morgan fingerprint density at radius 2 is 1.78 bits per heavy atom. The predicted molar refractivity (Wildman–Crippen MR) is 36.9 cm³/mol. The third-order valence-corrected chi connectivity index (χ3v) is 0.837. The van der Waals surface area contributed by atoms with E-state index in [-0.39, 0.29) is 13.5 Å². The highest BCUT2D eigenvalue weighted by Gasteiger charge is 1.95. The summed E-state index contributed by atoms with van der Waals surface area (Å²) in [6.07, 6.45) is 0. The average molecular weight is 145 g/mol. The van der Waals surface area contributed by atoms with Gasteiger partial charge in [0.2, 0.25) is 5.75 Å². The van der Waals surface area contributed by atoms with E-state index in [1.165, 1.54) is 18.2 Å². The first-order chi connectivity index (χ1) is 3.80. The Morgan fingerprint density at radius 3 is 2.11 bits per heavy atom. The fourth-order valence-electron chi connectivity index (χ4n) is 0.445. The average Bonchev–Trinajstić information content (AvgIpc) is 1.77. The number of hydrogen-bond acceptors (Lipinski definition) is 0. The van der Waals surface area contributed by atoms with Crippen LogP contribution >= 0.6 is 13.5 Å². The molecule has 3 heteroatoms.